The van der Waals surface area contributed by atoms with E-state index in [0.717, 1.165) is 17.8 Å². The topological polar surface area (TPSA) is 55.1 Å². The molecule has 1 rings (SSSR count). The molecule has 1 aromatic carbocycles. The summed E-state index contributed by atoms with van der Waals surface area (Å²) in [7, 11) is 0. The predicted molar refractivity (Wildman–Crippen MR) is 72.0 cm³/mol. The maximum absolute atomic E-state index is 10.9. The average molecular weight is 234 g/mol. The van der Waals surface area contributed by atoms with Crippen molar-refractivity contribution >= 4 is 11.6 Å². The number of unbranched alkanes of at least 4 members (excludes halogenated alkanes) is 3. The number of primary amides is 1. The molecule has 0 bridgehead atoms. The molecule has 1 amide bonds. The summed E-state index contributed by atoms with van der Waals surface area (Å²) in [5.74, 6) is -0.287. The predicted octanol–water partition coefficient (Wildman–Crippen LogP) is 2.71. The van der Waals surface area contributed by atoms with Gasteiger partial charge in [0.15, 0.2) is 0 Å². The Bertz CT molecular complexity index is 350. The fourth-order valence-corrected chi connectivity index (χ4v) is 1.81. The third-order valence-corrected chi connectivity index (χ3v) is 2.73. The van der Waals surface area contributed by atoms with Gasteiger partial charge < -0.3 is 11.1 Å². The summed E-state index contributed by atoms with van der Waals surface area (Å²) >= 11 is 0. The summed E-state index contributed by atoms with van der Waals surface area (Å²) in [5.41, 5.74) is 7.23. The van der Waals surface area contributed by atoms with Crippen molar-refractivity contribution in [2.75, 3.05) is 11.9 Å². The second kappa shape index (κ2) is 7.71. The number of rotatable bonds is 8. The van der Waals surface area contributed by atoms with Crippen LogP contribution in [0.15, 0.2) is 24.3 Å². The third kappa shape index (κ3) is 5.38. The van der Waals surface area contributed by atoms with E-state index in [4.69, 9.17) is 5.73 Å². The van der Waals surface area contributed by atoms with Crippen LogP contribution in [0.2, 0.25) is 0 Å². The lowest BCUT2D eigenvalue weighted by atomic mass is 10.1. The number of hydrogen-bond donors (Lipinski definition) is 2. The number of benzene rings is 1. The Balaban J connectivity index is 2.43. The maximum atomic E-state index is 10.9. The summed E-state index contributed by atoms with van der Waals surface area (Å²) < 4.78 is 0. The Morgan fingerprint density at radius 3 is 2.71 bits per heavy atom. The molecule has 3 N–H and O–H groups in total. The van der Waals surface area contributed by atoms with E-state index < -0.39 is 0 Å². The molecule has 0 aliphatic rings. The second-order valence-corrected chi connectivity index (χ2v) is 4.29. The van der Waals surface area contributed by atoms with Gasteiger partial charge in [-0.3, -0.25) is 4.79 Å². The van der Waals surface area contributed by atoms with E-state index in [0.29, 0.717) is 6.42 Å². The van der Waals surface area contributed by atoms with Crippen molar-refractivity contribution in [2.24, 2.45) is 5.73 Å². The minimum absolute atomic E-state index is 0.287. The summed E-state index contributed by atoms with van der Waals surface area (Å²) in [6, 6.07) is 7.84. The van der Waals surface area contributed by atoms with Gasteiger partial charge in [-0.25, -0.2) is 0 Å². The number of anilines is 1. The largest absolute Gasteiger partial charge is 0.385 e. The Kier molecular flexibility index (Phi) is 6.15. The second-order valence-electron chi connectivity index (χ2n) is 4.29. The number of carbonyl (C=O) groups excluding carboxylic acids is 1. The highest BCUT2D eigenvalue weighted by atomic mass is 16.1. The highest BCUT2D eigenvalue weighted by molar-refractivity contribution is 5.78. The van der Waals surface area contributed by atoms with E-state index in [1.807, 2.05) is 24.3 Å². The monoisotopic (exact) mass is 234 g/mol. The van der Waals surface area contributed by atoms with E-state index in [2.05, 4.69) is 12.2 Å². The third-order valence-electron chi connectivity index (χ3n) is 2.73. The minimum atomic E-state index is -0.287. The molecule has 94 valence electrons. The normalized spacial score (nSPS) is 10.2. The first-order valence-corrected chi connectivity index (χ1v) is 6.34. The maximum Gasteiger partial charge on any atom is 0.221 e. The molecule has 0 heterocycles. The lowest BCUT2D eigenvalue weighted by Gasteiger charge is -2.10. The van der Waals surface area contributed by atoms with Crippen molar-refractivity contribution in [1.82, 2.24) is 0 Å². The van der Waals surface area contributed by atoms with Gasteiger partial charge in [0.05, 0.1) is 6.42 Å². The first-order chi connectivity index (χ1) is 8.24. The van der Waals surface area contributed by atoms with Crippen LogP contribution in [0.1, 0.15) is 38.2 Å². The molecule has 0 saturated heterocycles. The van der Waals surface area contributed by atoms with Gasteiger partial charge in [0.1, 0.15) is 0 Å². The molecule has 0 atom stereocenters. The molecule has 3 heteroatoms. The lowest BCUT2D eigenvalue weighted by molar-refractivity contribution is -0.117. The Morgan fingerprint density at radius 1 is 1.24 bits per heavy atom. The minimum Gasteiger partial charge on any atom is -0.385 e. The number of nitrogens with one attached hydrogen (secondary N) is 1. The molecule has 0 unspecified atom stereocenters. The molecule has 0 aromatic heterocycles. The van der Waals surface area contributed by atoms with E-state index >= 15 is 0 Å². The molecule has 0 radical (unpaired) electrons. The van der Waals surface area contributed by atoms with E-state index in [9.17, 15) is 4.79 Å². The fourth-order valence-electron chi connectivity index (χ4n) is 1.81. The molecule has 17 heavy (non-hydrogen) atoms. The summed E-state index contributed by atoms with van der Waals surface area (Å²) in [6.07, 6.45) is 5.25. The van der Waals surface area contributed by atoms with Crippen molar-refractivity contribution in [3.8, 4) is 0 Å². The first kappa shape index (κ1) is 13.6. The molecular formula is C14H22N2O. The van der Waals surface area contributed by atoms with E-state index in [-0.39, 0.29) is 5.91 Å². The molecule has 0 aliphatic heterocycles. The van der Waals surface area contributed by atoms with Crippen molar-refractivity contribution in [2.45, 2.75) is 39.0 Å². The average Bonchev–Trinajstić information content (AvgIpc) is 2.30. The van der Waals surface area contributed by atoms with Gasteiger partial charge in [-0.1, -0.05) is 44.4 Å². The first-order valence-electron chi connectivity index (χ1n) is 6.34. The lowest BCUT2D eigenvalue weighted by Crippen LogP contribution is -2.15. The number of amides is 1. The van der Waals surface area contributed by atoms with Crippen molar-refractivity contribution < 1.29 is 4.79 Å². The van der Waals surface area contributed by atoms with Crippen LogP contribution in [-0.2, 0) is 11.2 Å². The SMILES string of the molecule is CCCCCCNc1ccccc1CC(N)=O. The van der Waals surface area contributed by atoms with Crippen LogP contribution in [-0.4, -0.2) is 12.5 Å². The molecule has 0 spiro atoms. The smallest absolute Gasteiger partial charge is 0.221 e. The standard InChI is InChI=1S/C14H22N2O/c1-2-3-4-7-10-16-13-9-6-5-8-12(13)11-14(15)17/h5-6,8-9,16H,2-4,7,10-11H2,1H3,(H2,15,17). The molecule has 0 aliphatic carbocycles. The van der Waals surface area contributed by atoms with Gasteiger partial charge in [0.25, 0.3) is 0 Å². The van der Waals surface area contributed by atoms with Crippen LogP contribution in [0, 0.1) is 0 Å². The van der Waals surface area contributed by atoms with E-state index in [1.54, 1.807) is 0 Å². The van der Waals surface area contributed by atoms with Crippen molar-refractivity contribution in [1.29, 1.82) is 0 Å². The molecule has 3 nitrogen and oxygen atoms in total. The number of carbonyl (C=O) groups is 1. The molecule has 1 aromatic rings. The van der Waals surface area contributed by atoms with Crippen LogP contribution in [0.3, 0.4) is 0 Å². The zero-order valence-corrected chi connectivity index (χ0v) is 10.5. The number of nitrogens with two attached hydrogens (primary N) is 1. The zero-order chi connectivity index (χ0) is 12.5. The van der Waals surface area contributed by atoms with E-state index in [1.165, 1.54) is 25.7 Å². The van der Waals surface area contributed by atoms with Crippen molar-refractivity contribution in [3.63, 3.8) is 0 Å². The molecule has 0 fully saturated rings. The fraction of sp³-hybridized carbons (Fsp3) is 0.500. The Labute approximate surface area is 103 Å². The van der Waals surface area contributed by atoms with Crippen LogP contribution < -0.4 is 11.1 Å². The number of hydrogen-bond acceptors (Lipinski definition) is 2. The summed E-state index contributed by atoms with van der Waals surface area (Å²) in [4.78, 5) is 10.9. The molecular weight excluding hydrogens is 212 g/mol. The van der Waals surface area contributed by atoms with Gasteiger partial charge in [-0.05, 0) is 18.1 Å². The van der Waals surface area contributed by atoms with Gasteiger partial charge in [0.2, 0.25) is 5.91 Å². The van der Waals surface area contributed by atoms with Gasteiger partial charge in [-0.15, -0.1) is 0 Å². The van der Waals surface area contributed by atoms with Crippen LogP contribution >= 0.6 is 0 Å². The number of para-hydroxylation sites is 1. The summed E-state index contributed by atoms with van der Waals surface area (Å²) in [6.45, 7) is 3.16. The van der Waals surface area contributed by atoms with Crippen LogP contribution in [0.25, 0.3) is 0 Å². The van der Waals surface area contributed by atoms with Crippen LogP contribution in [0.4, 0.5) is 5.69 Å². The highest BCUT2D eigenvalue weighted by Crippen LogP contribution is 2.15. The van der Waals surface area contributed by atoms with Gasteiger partial charge in [-0.2, -0.15) is 0 Å². The summed E-state index contributed by atoms with van der Waals surface area (Å²) in [5, 5.41) is 3.37. The zero-order valence-electron chi connectivity index (χ0n) is 10.5. The Hall–Kier alpha value is -1.51. The molecule has 0 saturated carbocycles. The van der Waals surface area contributed by atoms with Crippen molar-refractivity contribution in [3.05, 3.63) is 29.8 Å². The van der Waals surface area contributed by atoms with Gasteiger partial charge in [0, 0.05) is 12.2 Å². The van der Waals surface area contributed by atoms with Crippen LogP contribution in [0.5, 0.6) is 0 Å². The quantitative estimate of drug-likeness (QED) is 0.679. The Morgan fingerprint density at radius 2 is 2.00 bits per heavy atom. The van der Waals surface area contributed by atoms with Gasteiger partial charge >= 0.3 is 0 Å². The highest BCUT2D eigenvalue weighted by Gasteiger charge is 2.03.